The molecule has 4 aliphatic carbocycles. The van der Waals surface area contributed by atoms with Crippen molar-refractivity contribution in [1.82, 2.24) is 0 Å². The molecule has 1 spiro atoms. The number of hydrogen-bond donors (Lipinski definition) is 0. The Balaban J connectivity index is 1.68. The molecule has 28 heavy (non-hydrogen) atoms. The average molecular weight is 380 g/mol. The van der Waals surface area contributed by atoms with Crippen LogP contribution < -0.4 is 0 Å². The van der Waals surface area contributed by atoms with E-state index in [0.29, 0.717) is 11.8 Å². The van der Waals surface area contributed by atoms with Gasteiger partial charge in [-0.15, -0.1) is 0 Å². The van der Waals surface area contributed by atoms with Crippen LogP contribution in [0.15, 0.2) is 46.5 Å². The van der Waals surface area contributed by atoms with E-state index in [0.717, 1.165) is 79.6 Å². The topological polar surface area (TPSA) is 52.6 Å². The minimum absolute atomic E-state index is 0.0181. The molecule has 2 bridgehead atoms. The van der Waals surface area contributed by atoms with Gasteiger partial charge in [0.05, 0.1) is 5.41 Å². The largest absolute Gasteiger partial charge is 0.427 e. The first kappa shape index (κ1) is 18.0. The molecule has 6 rings (SSSR count). The van der Waals surface area contributed by atoms with Crippen molar-refractivity contribution in [3.05, 3.63) is 46.5 Å². The van der Waals surface area contributed by atoms with Gasteiger partial charge >= 0.3 is 11.9 Å². The van der Waals surface area contributed by atoms with Crippen molar-refractivity contribution in [1.29, 1.82) is 0 Å². The van der Waals surface area contributed by atoms with Gasteiger partial charge in [0.2, 0.25) is 0 Å². The van der Waals surface area contributed by atoms with Gasteiger partial charge in [-0.05, 0) is 62.5 Å². The Bertz CT molecular complexity index is 871. The van der Waals surface area contributed by atoms with Gasteiger partial charge in [-0.3, -0.25) is 0 Å². The first-order valence-corrected chi connectivity index (χ1v) is 10.9. The first-order chi connectivity index (χ1) is 13.6. The maximum absolute atomic E-state index is 13.0. The zero-order valence-corrected chi connectivity index (χ0v) is 16.8. The predicted molar refractivity (Wildman–Crippen MR) is 105 cm³/mol. The highest BCUT2D eigenvalue weighted by Gasteiger charge is 2.66. The smallest absolute Gasteiger partial charge is 0.340 e. The quantitative estimate of drug-likeness (QED) is 0.635. The number of unbranched alkanes of at least 4 members (excludes halogenated alkanes) is 2. The summed E-state index contributed by atoms with van der Waals surface area (Å²) in [4.78, 5) is 25.8. The molecule has 0 radical (unpaired) electrons. The molecular weight excluding hydrogens is 352 g/mol. The fraction of sp³-hybridized carbons (Fsp3) is 0.583. The van der Waals surface area contributed by atoms with Gasteiger partial charge in [0.25, 0.3) is 0 Å². The van der Waals surface area contributed by atoms with Gasteiger partial charge in [0.1, 0.15) is 11.5 Å². The maximum Gasteiger partial charge on any atom is 0.340 e. The lowest BCUT2D eigenvalue weighted by molar-refractivity contribution is -0.135. The van der Waals surface area contributed by atoms with Crippen LogP contribution in [0.5, 0.6) is 0 Å². The monoisotopic (exact) mass is 380 g/mol. The summed E-state index contributed by atoms with van der Waals surface area (Å²) in [6.45, 7) is 4.26. The van der Waals surface area contributed by atoms with E-state index in [4.69, 9.17) is 9.47 Å². The molecule has 6 aliphatic rings. The van der Waals surface area contributed by atoms with Crippen LogP contribution in [0, 0.1) is 23.2 Å². The Labute approximate surface area is 166 Å². The highest BCUT2D eigenvalue weighted by molar-refractivity contribution is 5.99. The Morgan fingerprint density at radius 1 is 1.07 bits per heavy atom. The summed E-state index contributed by atoms with van der Waals surface area (Å²) in [6, 6.07) is 0. The lowest BCUT2D eigenvalue weighted by Crippen LogP contribution is -2.50. The number of carbonyl (C=O) groups excluding carboxylic acids is 2. The average Bonchev–Trinajstić information content (AvgIpc) is 3.19. The zero-order chi connectivity index (χ0) is 19.5. The Morgan fingerprint density at radius 3 is 2.64 bits per heavy atom. The van der Waals surface area contributed by atoms with Crippen LogP contribution in [0.25, 0.3) is 0 Å². The van der Waals surface area contributed by atoms with Crippen molar-refractivity contribution in [2.75, 3.05) is 0 Å². The van der Waals surface area contributed by atoms with Crippen molar-refractivity contribution in [3.8, 4) is 0 Å². The fourth-order valence-corrected chi connectivity index (χ4v) is 6.29. The first-order valence-electron chi connectivity index (χ1n) is 10.9. The Morgan fingerprint density at radius 2 is 1.86 bits per heavy atom. The van der Waals surface area contributed by atoms with Gasteiger partial charge in [-0.1, -0.05) is 32.8 Å². The SMILES string of the molecule is CCC/C=C1\OC(=O)C2=C1CC[C@H]1[C@H]3C=C4C(=O)O/C(=C/CCC)[C@@]4(CC3)[C@@H]21. The normalized spacial score (nSPS) is 38.4. The number of rotatable bonds is 4. The molecule has 1 saturated carbocycles. The summed E-state index contributed by atoms with van der Waals surface area (Å²) < 4.78 is 11.6. The number of carbonyl (C=O) groups is 2. The zero-order valence-electron chi connectivity index (χ0n) is 16.8. The summed E-state index contributed by atoms with van der Waals surface area (Å²) >= 11 is 0. The molecule has 2 aliphatic heterocycles. The minimum atomic E-state index is -0.452. The molecule has 4 nitrogen and oxygen atoms in total. The molecule has 2 fully saturated rings. The number of esters is 2. The second-order valence-corrected chi connectivity index (χ2v) is 8.82. The number of fused-ring (bicyclic) bond motifs is 1. The molecule has 0 aromatic rings. The van der Waals surface area contributed by atoms with E-state index in [-0.39, 0.29) is 17.9 Å². The third kappa shape index (κ3) is 2.23. The molecule has 4 atom stereocenters. The van der Waals surface area contributed by atoms with Crippen molar-refractivity contribution < 1.29 is 19.1 Å². The summed E-state index contributed by atoms with van der Waals surface area (Å²) in [5, 5.41) is 0. The molecule has 0 amide bonds. The van der Waals surface area contributed by atoms with E-state index in [1.165, 1.54) is 0 Å². The number of allylic oxidation sites excluding steroid dienone is 5. The summed E-state index contributed by atoms with van der Waals surface area (Å²) in [5.41, 5.74) is 2.29. The van der Waals surface area contributed by atoms with Crippen molar-refractivity contribution in [3.63, 3.8) is 0 Å². The van der Waals surface area contributed by atoms with Crippen LogP contribution in [0.3, 0.4) is 0 Å². The van der Waals surface area contributed by atoms with E-state index in [1.807, 2.05) is 0 Å². The molecule has 0 unspecified atom stereocenters. The second-order valence-electron chi connectivity index (χ2n) is 8.82. The van der Waals surface area contributed by atoms with Gasteiger partial charge < -0.3 is 9.47 Å². The lowest BCUT2D eigenvalue weighted by Gasteiger charge is -2.54. The van der Waals surface area contributed by atoms with Gasteiger partial charge in [-0.25, -0.2) is 9.59 Å². The number of hydrogen-bond acceptors (Lipinski definition) is 4. The summed E-state index contributed by atoms with van der Waals surface area (Å²) in [6.07, 6.45) is 14.1. The molecule has 1 saturated heterocycles. The Hall–Kier alpha value is -2.10. The van der Waals surface area contributed by atoms with Gasteiger partial charge in [0, 0.05) is 22.6 Å². The van der Waals surface area contributed by atoms with Crippen molar-refractivity contribution in [2.24, 2.45) is 23.2 Å². The predicted octanol–water partition coefficient (Wildman–Crippen LogP) is 5.13. The summed E-state index contributed by atoms with van der Waals surface area (Å²) in [5.74, 6) is 1.96. The minimum Gasteiger partial charge on any atom is -0.427 e. The van der Waals surface area contributed by atoms with E-state index in [1.54, 1.807) is 0 Å². The van der Waals surface area contributed by atoms with Crippen molar-refractivity contribution in [2.45, 2.75) is 65.2 Å². The molecule has 148 valence electrons. The molecule has 0 aromatic carbocycles. The van der Waals surface area contributed by atoms with E-state index >= 15 is 0 Å². The molecular formula is C24H28O4. The molecule has 0 aromatic heterocycles. The van der Waals surface area contributed by atoms with E-state index < -0.39 is 5.41 Å². The van der Waals surface area contributed by atoms with E-state index in [9.17, 15) is 9.59 Å². The highest BCUT2D eigenvalue weighted by Crippen LogP contribution is 2.68. The molecule has 4 heteroatoms. The van der Waals surface area contributed by atoms with Crippen LogP contribution >= 0.6 is 0 Å². The van der Waals surface area contributed by atoms with Gasteiger partial charge in [0.15, 0.2) is 0 Å². The molecule has 2 heterocycles. The fourth-order valence-electron chi connectivity index (χ4n) is 6.29. The third-order valence-electron chi connectivity index (χ3n) is 7.43. The summed E-state index contributed by atoms with van der Waals surface area (Å²) in [7, 11) is 0. The van der Waals surface area contributed by atoms with Crippen molar-refractivity contribution >= 4 is 11.9 Å². The highest BCUT2D eigenvalue weighted by atomic mass is 16.5. The second kappa shape index (κ2) is 6.47. The van der Waals surface area contributed by atoms with E-state index in [2.05, 4.69) is 32.1 Å². The van der Waals surface area contributed by atoms with Crippen LogP contribution in [0.4, 0.5) is 0 Å². The number of cyclic esters (lactones) is 2. The number of ether oxygens (including phenoxy) is 2. The van der Waals surface area contributed by atoms with Gasteiger partial charge in [-0.2, -0.15) is 0 Å². The van der Waals surface area contributed by atoms with Crippen LogP contribution in [-0.4, -0.2) is 11.9 Å². The lowest BCUT2D eigenvalue weighted by atomic mass is 9.47. The Kier molecular flexibility index (Phi) is 4.15. The maximum atomic E-state index is 13.0. The standard InChI is InChI=1S/C24H28O4/c1-3-5-7-18-16-10-9-15-14-11-12-24(21(15)20(16)23(26)27-18)17(13-14)22(25)28-19(24)8-6-4-2/h7-8,13-15,21H,3-6,9-12H2,1-2H3/b18-7-,19-8+/t14-,15+,21-,24+/m1/s1. The van der Waals surface area contributed by atoms with Crippen LogP contribution in [-0.2, 0) is 19.1 Å². The third-order valence-corrected chi connectivity index (χ3v) is 7.43. The van der Waals surface area contributed by atoms with Crippen LogP contribution in [0.1, 0.15) is 65.2 Å². The van der Waals surface area contributed by atoms with Crippen LogP contribution in [0.2, 0.25) is 0 Å². The molecule has 0 N–H and O–H groups in total.